The second kappa shape index (κ2) is 13.0. The van der Waals surface area contributed by atoms with Crippen LogP contribution in [-0.4, -0.2) is 66.4 Å². The molecule has 0 bridgehead atoms. The summed E-state index contributed by atoms with van der Waals surface area (Å²) in [5.74, 6) is -1.31. The summed E-state index contributed by atoms with van der Waals surface area (Å²) < 4.78 is 16.6. The monoisotopic (exact) mass is 505 g/mol. The molecule has 2 aromatic carbocycles. The molecule has 2 aliphatic heterocycles. The molecule has 8 heteroatoms. The number of aliphatic hydroxyl groups is 1. The number of amides is 2. The van der Waals surface area contributed by atoms with Gasteiger partial charge in [0.05, 0.1) is 31.8 Å². The van der Waals surface area contributed by atoms with Crippen LogP contribution in [0.3, 0.4) is 0 Å². The maximum atomic E-state index is 14.0. The summed E-state index contributed by atoms with van der Waals surface area (Å²) in [6.07, 6.45) is 4.14. The molecule has 2 aliphatic rings. The number of carbonyl (C=O) groups excluding carboxylic acids is 3. The quantitative estimate of drug-likeness (QED) is 0.468. The van der Waals surface area contributed by atoms with Crippen molar-refractivity contribution in [2.45, 2.75) is 31.4 Å². The number of allylic oxidation sites excluding steroid dienone is 1. The van der Waals surface area contributed by atoms with E-state index in [1.54, 1.807) is 12.2 Å². The summed E-state index contributed by atoms with van der Waals surface area (Å²) in [4.78, 5) is 40.8. The third-order valence-electron chi connectivity index (χ3n) is 6.29. The largest absolute Gasteiger partial charge is 0.482 e. The second-order valence-corrected chi connectivity index (χ2v) is 8.93. The number of cyclic esters (lactones) is 1. The van der Waals surface area contributed by atoms with Crippen LogP contribution in [0.25, 0.3) is 0 Å². The summed E-state index contributed by atoms with van der Waals surface area (Å²) in [6, 6.07) is 18.5. The molecule has 1 fully saturated rings. The van der Waals surface area contributed by atoms with E-state index in [0.717, 1.165) is 16.0 Å². The maximum Gasteiger partial charge on any atom is 0.416 e. The number of ketones is 1. The molecule has 3 atom stereocenters. The van der Waals surface area contributed by atoms with Gasteiger partial charge >= 0.3 is 6.09 Å². The van der Waals surface area contributed by atoms with Crippen LogP contribution in [0.2, 0.25) is 0 Å². The Labute approximate surface area is 216 Å². The van der Waals surface area contributed by atoms with E-state index < -0.39 is 30.1 Å². The van der Waals surface area contributed by atoms with Crippen LogP contribution in [-0.2, 0) is 36.6 Å². The number of carbonyl (C=O) groups is 3. The number of nitrogens with zero attached hydrogens (tertiary/aromatic N) is 1. The fourth-order valence-electron chi connectivity index (χ4n) is 4.49. The minimum absolute atomic E-state index is 0.0585. The Hall–Kier alpha value is -3.75. The molecule has 37 heavy (non-hydrogen) atoms. The summed E-state index contributed by atoms with van der Waals surface area (Å²) in [7, 11) is 0. The van der Waals surface area contributed by atoms with Crippen molar-refractivity contribution in [1.29, 1.82) is 0 Å². The van der Waals surface area contributed by atoms with Gasteiger partial charge in [0.15, 0.2) is 11.9 Å². The van der Waals surface area contributed by atoms with E-state index in [9.17, 15) is 14.4 Å². The van der Waals surface area contributed by atoms with Crippen LogP contribution in [0.4, 0.5) is 4.79 Å². The summed E-state index contributed by atoms with van der Waals surface area (Å²) >= 11 is 0. The highest BCUT2D eigenvalue weighted by Gasteiger charge is 2.45. The first-order chi connectivity index (χ1) is 18.1. The van der Waals surface area contributed by atoms with E-state index in [2.05, 4.69) is 0 Å². The summed E-state index contributed by atoms with van der Waals surface area (Å²) in [5, 5.41) is 8.84. The summed E-state index contributed by atoms with van der Waals surface area (Å²) in [6.45, 7) is 0.657. The second-order valence-electron chi connectivity index (χ2n) is 8.93. The zero-order valence-corrected chi connectivity index (χ0v) is 20.5. The molecule has 2 heterocycles. The van der Waals surface area contributed by atoms with Crippen molar-refractivity contribution in [2.75, 3.05) is 26.4 Å². The van der Waals surface area contributed by atoms with Crippen LogP contribution in [0.1, 0.15) is 17.5 Å². The highest BCUT2D eigenvalue weighted by Crippen LogP contribution is 2.28. The number of hydrogen-bond donors (Lipinski definition) is 1. The van der Waals surface area contributed by atoms with E-state index in [0.29, 0.717) is 25.2 Å². The van der Waals surface area contributed by atoms with Gasteiger partial charge < -0.3 is 19.3 Å². The molecule has 8 nitrogen and oxygen atoms in total. The Morgan fingerprint density at radius 1 is 1.03 bits per heavy atom. The number of benzene rings is 2. The smallest absolute Gasteiger partial charge is 0.416 e. The lowest BCUT2D eigenvalue weighted by molar-refractivity contribution is -0.143. The first-order valence-corrected chi connectivity index (χ1v) is 12.4. The molecule has 0 aromatic heterocycles. The number of rotatable bonds is 11. The number of imide groups is 1. The van der Waals surface area contributed by atoms with E-state index in [4.69, 9.17) is 19.3 Å². The molecule has 1 N–H and O–H groups in total. The molecule has 0 unspecified atom stereocenters. The molecule has 2 amide bonds. The van der Waals surface area contributed by atoms with Gasteiger partial charge in [-0.2, -0.15) is 0 Å². The Balaban J connectivity index is 1.57. The maximum absolute atomic E-state index is 14.0. The number of ether oxygens (including phenoxy) is 3. The normalized spacial score (nSPS) is 21.1. The van der Waals surface area contributed by atoms with Gasteiger partial charge in [0.25, 0.3) is 0 Å². The van der Waals surface area contributed by atoms with Crippen molar-refractivity contribution >= 4 is 17.8 Å². The lowest BCUT2D eigenvalue weighted by Crippen LogP contribution is -2.49. The van der Waals surface area contributed by atoms with E-state index in [-0.39, 0.29) is 32.0 Å². The van der Waals surface area contributed by atoms with Crippen molar-refractivity contribution in [2.24, 2.45) is 5.92 Å². The fraction of sp³-hybridized carbons (Fsp3) is 0.345. The van der Waals surface area contributed by atoms with Crippen LogP contribution in [0.5, 0.6) is 0 Å². The zero-order chi connectivity index (χ0) is 26.0. The van der Waals surface area contributed by atoms with E-state index in [1.165, 1.54) is 6.08 Å². The van der Waals surface area contributed by atoms with Gasteiger partial charge in [-0.25, -0.2) is 9.69 Å². The predicted octanol–water partition coefficient (Wildman–Crippen LogP) is 3.24. The number of hydrogen-bond acceptors (Lipinski definition) is 7. The molecule has 4 rings (SSSR count). The molecule has 0 spiro atoms. The van der Waals surface area contributed by atoms with Crippen LogP contribution < -0.4 is 0 Å². The van der Waals surface area contributed by atoms with Crippen molar-refractivity contribution in [3.63, 3.8) is 0 Å². The van der Waals surface area contributed by atoms with Crippen molar-refractivity contribution in [3.8, 4) is 0 Å². The average Bonchev–Trinajstić information content (AvgIpc) is 3.28. The zero-order valence-electron chi connectivity index (χ0n) is 20.5. The molecule has 0 aliphatic carbocycles. The average molecular weight is 506 g/mol. The standard InChI is InChI=1S/C29H31NO7/c31-15-17-35-16-7-12-24-13-14-26(32)27(37-24)25(19-22-10-5-2-6-11-22)28(33)30-23(20-36-29(30)34)18-21-8-3-1-4-9-21/h1-6,8-14,23,25,27,31H,7,15-20H2/t23-,25-,27-/m1/s1. The van der Waals surface area contributed by atoms with E-state index in [1.807, 2.05) is 60.7 Å². The summed E-state index contributed by atoms with van der Waals surface area (Å²) in [5.41, 5.74) is 1.83. The molecule has 2 aromatic rings. The molecule has 1 saturated heterocycles. The lowest BCUT2D eigenvalue weighted by atomic mass is 9.88. The minimum Gasteiger partial charge on any atom is -0.482 e. The molecule has 0 radical (unpaired) electrons. The first-order valence-electron chi connectivity index (χ1n) is 12.4. The van der Waals surface area contributed by atoms with Crippen molar-refractivity contribution < 1.29 is 33.7 Å². The van der Waals surface area contributed by atoms with Gasteiger partial charge in [-0.15, -0.1) is 0 Å². The van der Waals surface area contributed by atoms with Crippen molar-refractivity contribution in [3.05, 3.63) is 95.8 Å². The third kappa shape index (κ3) is 6.93. The van der Waals surface area contributed by atoms with Crippen LogP contribution in [0.15, 0.2) is 84.7 Å². The van der Waals surface area contributed by atoms with Crippen LogP contribution >= 0.6 is 0 Å². The molecule has 194 valence electrons. The third-order valence-corrected chi connectivity index (χ3v) is 6.29. The highest BCUT2D eigenvalue weighted by molar-refractivity contribution is 6.02. The molecule has 0 saturated carbocycles. The Morgan fingerprint density at radius 3 is 2.43 bits per heavy atom. The fourth-order valence-corrected chi connectivity index (χ4v) is 4.49. The Bertz CT molecular complexity index is 1130. The minimum atomic E-state index is -1.09. The van der Waals surface area contributed by atoms with Gasteiger partial charge in [0.1, 0.15) is 12.4 Å². The van der Waals surface area contributed by atoms with Gasteiger partial charge in [-0.05, 0) is 48.6 Å². The Kier molecular flexibility index (Phi) is 9.24. The number of aliphatic hydroxyl groups excluding tert-OH is 1. The van der Waals surface area contributed by atoms with Gasteiger partial charge in [-0.3, -0.25) is 9.59 Å². The van der Waals surface area contributed by atoms with Gasteiger partial charge in [0.2, 0.25) is 5.91 Å². The predicted molar refractivity (Wildman–Crippen MR) is 135 cm³/mol. The van der Waals surface area contributed by atoms with E-state index >= 15 is 0 Å². The molecular formula is C29H31NO7. The SMILES string of the molecule is O=C1C=CC(=CCCOCCO)O[C@@H]1[C@@H](Cc1ccccc1)C(=O)N1C(=O)OC[C@H]1Cc1ccccc1. The Morgan fingerprint density at radius 2 is 1.73 bits per heavy atom. The lowest BCUT2D eigenvalue weighted by Gasteiger charge is -2.31. The molecular weight excluding hydrogens is 474 g/mol. The first kappa shape index (κ1) is 26.3. The topological polar surface area (TPSA) is 102 Å². The van der Waals surface area contributed by atoms with Gasteiger partial charge in [0, 0.05) is 0 Å². The van der Waals surface area contributed by atoms with Crippen LogP contribution in [0, 0.1) is 5.92 Å². The van der Waals surface area contributed by atoms with Gasteiger partial charge in [-0.1, -0.05) is 60.7 Å². The highest BCUT2D eigenvalue weighted by atomic mass is 16.6. The van der Waals surface area contributed by atoms with Crippen molar-refractivity contribution in [1.82, 2.24) is 4.90 Å².